The van der Waals surface area contributed by atoms with E-state index in [4.69, 9.17) is 5.11 Å². The molecule has 0 spiro atoms. The third-order valence-corrected chi connectivity index (χ3v) is 2.35. The molecule has 0 radical (unpaired) electrons. The smallest absolute Gasteiger partial charge is 0.437 e. The number of alkyl halides is 3. The number of carboxylic acid groups (broad SMARTS) is 1. The number of nitrogens with one attached hydrogen (secondary N) is 1. The third kappa shape index (κ3) is 3.19. The van der Waals surface area contributed by atoms with Crippen molar-refractivity contribution in [2.24, 2.45) is 0 Å². The average Bonchev–Trinajstić information content (AvgIpc) is 2.84. The summed E-state index contributed by atoms with van der Waals surface area (Å²) in [4.78, 5) is 25.4. The molecule has 0 aliphatic rings. The van der Waals surface area contributed by atoms with Crippen molar-refractivity contribution < 1.29 is 32.3 Å². The SMILES string of the molecule is O=C(Nc1nc(C(F)(F)F)c(C(=O)O)o1)c1ccccc1. The molecule has 2 aromatic rings. The number of amides is 1. The molecule has 110 valence electrons. The molecule has 9 heteroatoms. The van der Waals surface area contributed by atoms with E-state index in [1.807, 2.05) is 5.32 Å². The Balaban J connectivity index is 2.30. The van der Waals surface area contributed by atoms with Crippen LogP contribution < -0.4 is 5.32 Å². The Morgan fingerprint density at radius 1 is 1.19 bits per heavy atom. The Kier molecular flexibility index (Phi) is 3.66. The number of rotatable bonds is 3. The Morgan fingerprint density at radius 2 is 1.81 bits per heavy atom. The molecule has 0 bridgehead atoms. The minimum Gasteiger partial charge on any atom is -0.475 e. The van der Waals surface area contributed by atoms with Crippen LogP contribution in [0.1, 0.15) is 26.6 Å². The van der Waals surface area contributed by atoms with Crippen LogP contribution in [-0.2, 0) is 6.18 Å². The second-order valence-corrected chi connectivity index (χ2v) is 3.82. The molecule has 6 nitrogen and oxygen atoms in total. The van der Waals surface area contributed by atoms with Gasteiger partial charge in [-0.05, 0) is 12.1 Å². The van der Waals surface area contributed by atoms with Gasteiger partial charge in [-0.2, -0.15) is 18.2 Å². The summed E-state index contributed by atoms with van der Waals surface area (Å²) in [5, 5.41) is 10.6. The first-order chi connectivity index (χ1) is 9.79. The molecule has 0 aliphatic heterocycles. The topological polar surface area (TPSA) is 92.4 Å². The van der Waals surface area contributed by atoms with Gasteiger partial charge in [-0.15, -0.1) is 0 Å². The highest BCUT2D eigenvalue weighted by molar-refractivity contribution is 6.03. The zero-order valence-corrected chi connectivity index (χ0v) is 10.1. The molecule has 2 N–H and O–H groups in total. The van der Waals surface area contributed by atoms with Crippen molar-refractivity contribution in [3.05, 3.63) is 47.3 Å². The van der Waals surface area contributed by atoms with E-state index in [9.17, 15) is 22.8 Å². The molecule has 0 aliphatic carbocycles. The fraction of sp³-hybridized carbons (Fsp3) is 0.0833. The number of hydrogen-bond acceptors (Lipinski definition) is 4. The zero-order chi connectivity index (χ0) is 15.6. The van der Waals surface area contributed by atoms with E-state index in [2.05, 4.69) is 9.40 Å². The predicted octanol–water partition coefficient (Wildman–Crippen LogP) is 2.64. The number of oxazole rings is 1. The van der Waals surface area contributed by atoms with E-state index in [1.165, 1.54) is 12.1 Å². The van der Waals surface area contributed by atoms with Crippen molar-refractivity contribution in [3.63, 3.8) is 0 Å². The first-order valence-corrected chi connectivity index (χ1v) is 5.46. The number of aromatic carboxylic acids is 1. The van der Waals surface area contributed by atoms with Crippen molar-refractivity contribution in [1.29, 1.82) is 0 Å². The summed E-state index contributed by atoms with van der Waals surface area (Å²) in [5.41, 5.74) is -1.56. The van der Waals surface area contributed by atoms with E-state index in [1.54, 1.807) is 18.2 Å². The third-order valence-electron chi connectivity index (χ3n) is 2.35. The molecule has 0 saturated heterocycles. The van der Waals surface area contributed by atoms with Gasteiger partial charge in [-0.1, -0.05) is 18.2 Å². The van der Waals surface area contributed by atoms with Crippen LogP contribution in [0.5, 0.6) is 0 Å². The quantitative estimate of drug-likeness (QED) is 0.909. The molecule has 1 aromatic carbocycles. The molecule has 0 atom stereocenters. The van der Waals surface area contributed by atoms with Crippen LogP contribution in [0.25, 0.3) is 0 Å². The summed E-state index contributed by atoms with van der Waals surface area (Å²) in [5.74, 6) is -4.09. The monoisotopic (exact) mass is 300 g/mol. The van der Waals surface area contributed by atoms with Crippen LogP contribution in [0.4, 0.5) is 19.2 Å². The number of carbonyl (C=O) groups excluding carboxylic acids is 1. The maximum absolute atomic E-state index is 12.6. The van der Waals surface area contributed by atoms with E-state index in [0.717, 1.165) is 0 Å². The molecule has 1 heterocycles. The number of halogens is 3. The van der Waals surface area contributed by atoms with Crippen molar-refractivity contribution >= 4 is 17.9 Å². The largest absolute Gasteiger partial charge is 0.475 e. The summed E-state index contributed by atoms with van der Waals surface area (Å²) in [6, 6.07) is 6.74. The molecule has 2 rings (SSSR count). The van der Waals surface area contributed by atoms with Gasteiger partial charge < -0.3 is 9.52 Å². The standard InChI is InChI=1S/C12H7F3N2O4/c13-12(14,15)8-7(10(19)20)21-11(16-8)17-9(18)6-4-2-1-3-5-6/h1-5H,(H,19,20)(H,16,17,18). The second-order valence-electron chi connectivity index (χ2n) is 3.82. The van der Waals surface area contributed by atoms with Crippen LogP contribution in [0.2, 0.25) is 0 Å². The van der Waals surface area contributed by atoms with Crippen LogP contribution >= 0.6 is 0 Å². The number of hydrogen-bond donors (Lipinski definition) is 2. The fourth-order valence-electron chi connectivity index (χ4n) is 1.47. The number of carboxylic acids is 1. The van der Waals surface area contributed by atoms with Crippen molar-refractivity contribution in [3.8, 4) is 0 Å². The molecule has 0 unspecified atom stereocenters. The number of carbonyl (C=O) groups is 2. The highest BCUT2D eigenvalue weighted by Crippen LogP contribution is 2.33. The fourth-order valence-corrected chi connectivity index (χ4v) is 1.47. The maximum Gasteiger partial charge on any atom is 0.437 e. The minimum absolute atomic E-state index is 0.154. The molecule has 0 fully saturated rings. The van der Waals surface area contributed by atoms with Crippen molar-refractivity contribution in [1.82, 2.24) is 4.98 Å². The first kappa shape index (κ1) is 14.6. The molecule has 1 amide bonds. The highest BCUT2D eigenvalue weighted by Gasteiger charge is 2.41. The Morgan fingerprint density at radius 3 is 2.29 bits per heavy atom. The van der Waals surface area contributed by atoms with E-state index < -0.39 is 35.5 Å². The zero-order valence-electron chi connectivity index (χ0n) is 10.1. The molecule has 21 heavy (non-hydrogen) atoms. The summed E-state index contributed by atoms with van der Waals surface area (Å²) in [6.45, 7) is 0. The summed E-state index contributed by atoms with van der Waals surface area (Å²) in [7, 11) is 0. The van der Waals surface area contributed by atoms with Crippen LogP contribution in [0.15, 0.2) is 34.7 Å². The van der Waals surface area contributed by atoms with E-state index in [-0.39, 0.29) is 5.56 Å². The number of anilines is 1. The molecular weight excluding hydrogens is 293 g/mol. The average molecular weight is 300 g/mol. The predicted molar refractivity (Wildman–Crippen MR) is 62.9 cm³/mol. The van der Waals surface area contributed by atoms with Gasteiger partial charge in [0.15, 0.2) is 5.69 Å². The minimum atomic E-state index is -5.01. The van der Waals surface area contributed by atoms with E-state index >= 15 is 0 Å². The van der Waals surface area contributed by atoms with Crippen LogP contribution in [0, 0.1) is 0 Å². The van der Waals surface area contributed by atoms with Gasteiger partial charge in [0.2, 0.25) is 5.76 Å². The lowest BCUT2D eigenvalue weighted by atomic mass is 10.2. The number of nitrogens with zero attached hydrogens (tertiary/aromatic N) is 1. The van der Waals surface area contributed by atoms with Crippen LogP contribution in [0.3, 0.4) is 0 Å². The molecule has 0 saturated carbocycles. The van der Waals surface area contributed by atoms with Gasteiger partial charge in [0.1, 0.15) is 0 Å². The van der Waals surface area contributed by atoms with Gasteiger partial charge in [-0.3, -0.25) is 10.1 Å². The lowest BCUT2D eigenvalue weighted by Crippen LogP contribution is -2.13. The van der Waals surface area contributed by atoms with Crippen molar-refractivity contribution in [2.45, 2.75) is 6.18 Å². The van der Waals surface area contributed by atoms with Gasteiger partial charge >= 0.3 is 18.2 Å². The number of aromatic nitrogens is 1. The normalized spacial score (nSPS) is 11.2. The summed E-state index contributed by atoms with van der Waals surface area (Å²) >= 11 is 0. The van der Waals surface area contributed by atoms with Crippen molar-refractivity contribution in [2.75, 3.05) is 5.32 Å². The first-order valence-electron chi connectivity index (χ1n) is 5.46. The van der Waals surface area contributed by atoms with Gasteiger partial charge in [0.05, 0.1) is 0 Å². The lowest BCUT2D eigenvalue weighted by Gasteiger charge is -2.01. The van der Waals surface area contributed by atoms with Gasteiger partial charge in [0.25, 0.3) is 5.91 Å². The lowest BCUT2D eigenvalue weighted by molar-refractivity contribution is -0.141. The van der Waals surface area contributed by atoms with Gasteiger partial charge in [0, 0.05) is 5.56 Å². The summed E-state index contributed by atoms with van der Waals surface area (Å²) < 4.78 is 42.2. The van der Waals surface area contributed by atoms with Gasteiger partial charge in [-0.25, -0.2) is 4.79 Å². The molecular formula is C12H7F3N2O4. The second kappa shape index (κ2) is 5.27. The Labute approximate surface area is 115 Å². The number of benzene rings is 1. The molecule has 1 aromatic heterocycles. The van der Waals surface area contributed by atoms with E-state index in [0.29, 0.717) is 0 Å². The summed E-state index contributed by atoms with van der Waals surface area (Å²) in [6.07, 6.45) is -5.01. The highest BCUT2D eigenvalue weighted by atomic mass is 19.4. The Hall–Kier alpha value is -2.84. The maximum atomic E-state index is 12.6. The Bertz CT molecular complexity index is 680. The van der Waals surface area contributed by atoms with Crippen LogP contribution in [-0.4, -0.2) is 22.0 Å².